The predicted molar refractivity (Wildman–Crippen MR) is 71.3 cm³/mol. The molecule has 0 saturated heterocycles. The van der Waals surface area contributed by atoms with Gasteiger partial charge in [0.15, 0.2) is 0 Å². The van der Waals surface area contributed by atoms with E-state index in [1.54, 1.807) is 6.07 Å². The van der Waals surface area contributed by atoms with Crippen LogP contribution in [0.2, 0.25) is 0 Å². The van der Waals surface area contributed by atoms with Crippen molar-refractivity contribution in [2.24, 2.45) is 5.92 Å². The van der Waals surface area contributed by atoms with E-state index in [2.05, 4.69) is 5.32 Å². The molecule has 0 aliphatic carbocycles. The van der Waals surface area contributed by atoms with E-state index in [9.17, 15) is 4.79 Å². The normalized spacial score (nSPS) is 12.4. The van der Waals surface area contributed by atoms with Crippen molar-refractivity contribution in [2.75, 3.05) is 18.9 Å². The summed E-state index contributed by atoms with van der Waals surface area (Å²) in [6, 6.07) is 1.71. The zero-order chi connectivity index (χ0) is 12.8. The molecule has 5 heteroatoms. The highest BCUT2D eigenvalue weighted by molar-refractivity contribution is 7.14. The number of nitrogens with one attached hydrogen (secondary N) is 1. The van der Waals surface area contributed by atoms with Gasteiger partial charge < -0.3 is 16.2 Å². The molecule has 1 rings (SSSR count). The van der Waals surface area contributed by atoms with Crippen molar-refractivity contribution in [3.63, 3.8) is 0 Å². The molecule has 0 aliphatic rings. The van der Waals surface area contributed by atoms with Gasteiger partial charge in [-0.1, -0.05) is 6.92 Å². The van der Waals surface area contributed by atoms with Gasteiger partial charge in [0.1, 0.15) is 0 Å². The maximum Gasteiger partial charge on any atom is 0.261 e. The quantitative estimate of drug-likeness (QED) is 0.679. The minimum Gasteiger partial charge on any atom is -0.398 e. The first-order valence-electron chi connectivity index (χ1n) is 5.79. The zero-order valence-electron chi connectivity index (χ0n) is 10.3. The Bertz CT molecular complexity index is 357. The first-order valence-corrected chi connectivity index (χ1v) is 6.61. The summed E-state index contributed by atoms with van der Waals surface area (Å²) >= 11 is 1.41. The Morgan fingerprint density at radius 3 is 2.88 bits per heavy atom. The van der Waals surface area contributed by atoms with Crippen molar-refractivity contribution in [1.82, 2.24) is 5.32 Å². The molecule has 1 aromatic rings. The van der Waals surface area contributed by atoms with Crippen molar-refractivity contribution in [3.05, 3.63) is 15.8 Å². The Labute approximate surface area is 106 Å². The van der Waals surface area contributed by atoms with Gasteiger partial charge in [-0.2, -0.15) is 0 Å². The van der Waals surface area contributed by atoms with Gasteiger partial charge in [-0.05, 0) is 31.7 Å². The van der Waals surface area contributed by atoms with E-state index in [1.165, 1.54) is 11.3 Å². The van der Waals surface area contributed by atoms with Crippen LogP contribution in [0.5, 0.6) is 0 Å². The molecule has 96 valence electrons. The molecule has 4 N–H and O–H groups in total. The molecular formula is C12H20N2O2S. The molecule has 0 saturated carbocycles. The van der Waals surface area contributed by atoms with Crippen molar-refractivity contribution in [2.45, 2.75) is 26.7 Å². The Kier molecular flexibility index (Phi) is 5.44. The Morgan fingerprint density at radius 1 is 1.65 bits per heavy atom. The van der Waals surface area contributed by atoms with Crippen LogP contribution in [-0.2, 0) is 0 Å². The molecule has 0 aromatic carbocycles. The van der Waals surface area contributed by atoms with Gasteiger partial charge in [-0.15, -0.1) is 11.3 Å². The lowest BCUT2D eigenvalue weighted by molar-refractivity contribution is 0.0956. The van der Waals surface area contributed by atoms with Crippen LogP contribution in [-0.4, -0.2) is 24.2 Å². The van der Waals surface area contributed by atoms with Crippen LogP contribution in [0, 0.1) is 12.8 Å². The Morgan fingerprint density at radius 2 is 2.35 bits per heavy atom. The van der Waals surface area contributed by atoms with Crippen LogP contribution in [0.3, 0.4) is 0 Å². The van der Waals surface area contributed by atoms with Crippen LogP contribution >= 0.6 is 11.3 Å². The second-order valence-electron chi connectivity index (χ2n) is 4.31. The average molecular weight is 256 g/mol. The number of hydrogen-bond donors (Lipinski definition) is 3. The summed E-state index contributed by atoms with van der Waals surface area (Å²) < 4.78 is 0. The number of aliphatic hydroxyl groups excluding tert-OH is 1. The van der Waals surface area contributed by atoms with E-state index in [-0.39, 0.29) is 12.5 Å². The summed E-state index contributed by atoms with van der Waals surface area (Å²) in [7, 11) is 0. The van der Waals surface area contributed by atoms with Gasteiger partial charge in [0.25, 0.3) is 5.91 Å². The van der Waals surface area contributed by atoms with Crippen molar-refractivity contribution < 1.29 is 9.90 Å². The molecule has 0 spiro atoms. The third-order valence-corrected chi connectivity index (χ3v) is 3.72. The second-order valence-corrected chi connectivity index (χ2v) is 5.56. The lowest BCUT2D eigenvalue weighted by Gasteiger charge is -2.07. The van der Waals surface area contributed by atoms with E-state index in [1.807, 2.05) is 13.8 Å². The summed E-state index contributed by atoms with van der Waals surface area (Å²) in [6.45, 7) is 4.74. The van der Waals surface area contributed by atoms with Gasteiger partial charge in [0.2, 0.25) is 0 Å². The van der Waals surface area contributed by atoms with Gasteiger partial charge in [0.05, 0.1) is 4.88 Å². The summed E-state index contributed by atoms with van der Waals surface area (Å²) in [5.74, 6) is 0.234. The first-order chi connectivity index (χ1) is 8.04. The monoisotopic (exact) mass is 256 g/mol. The van der Waals surface area contributed by atoms with E-state index >= 15 is 0 Å². The lowest BCUT2D eigenvalue weighted by atomic mass is 10.1. The number of carbonyl (C=O) groups is 1. The number of anilines is 1. The smallest absolute Gasteiger partial charge is 0.261 e. The number of rotatable bonds is 6. The van der Waals surface area contributed by atoms with Crippen LogP contribution in [0.25, 0.3) is 0 Å². The minimum absolute atomic E-state index is 0.0635. The van der Waals surface area contributed by atoms with Crippen molar-refractivity contribution in [3.8, 4) is 0 Å². The molecule has 1 unspecified atom stereocenters. The molecule has 1 amide bonds. The Balaban J connectivity index is 2.30. The topological polar surface area (TPSA) is 75.3 Å². The highest BCUT2D eigenvalue weighted by atomic mass is 32.1. The molecule has 1 atom stereocenters. The van der Waals surface area contributed by atoms with Crippen LogP contribution < -0.4 is 11.1 Å². The highest BCUT2D eigenvalue weighted by Gasteiger charge is 2.10. The predicted octanol–water partition coefficient (Wildman–Crippen LogP) is 1.78. The lowest BCUT2D eigenvalue weighted by Crippen LogP contribution is -2.24. The molecule has 0 radical (unpaired) electrons. The van der Waals surface area contributed by atoms with Crippen molar-refractivity contribution >= 4 is 22.9 Å². The molecule has 1 aromatic heterocycles. The van der Waals surface area contributed by atoms with E-state index < -0.39 is 0 Å². The second kappa shape index (κ2) is 6.61. The van der Waals surface area contributed by atoms with E-state index in [0.29, 0.717) is 23.0 Å². The summed E-state index contributed by atoms with van der Waals surface area (Å²) in [5.41, 5.74) is 6.37. The third kappa shape index (κ3) is 4.36. The molecule has 0 aliphatic heterocycles. The fourth-order valence-corrected chi connectivity index (χ4v) is 2.30. The Hall–Kier alpha value is -1.07. The fraction of sp³-hybridized carbons (Fsp3) is 0.583. The van der Waals surface area contributed by atoms with Crippen LogP contribution in [0.1, 0.15) is 34.3 Å². The maximum absolute atomic E-state index is 11.7. The number of aliphatic hydroxyl groups is 1. The van der Waals surface area contributed by atoms with E-state index in [0.717, 1.165) is 17.7 Å². The molecule has 0 fully saturated rings. The third-order valence-electron chi connectivity index (χ3n) is 2.65. The standard InChI is InChI=1S/C12H20N2O2S/c1-8(7-15)4-3-5-14-12(16)11-6-10(13)9(2)17-11/h6,8,15H,3-5,7,13H2,1-2H3,(H,14,16). The fourth-order valence-electron chi connectivity index (χ4n) is 1.44. The summed E-state index contributed by atoms with van der Waals surface area (Å²) in [5, 5.41) is 11.7. The maximum atomic E-state index is 11.7. The molecular weight excluding hydrogens is 236 g/mol. The minimum atomic E-state index is -0.0635. The van der Waals surface area contributed by atoms with Gasteiger partial charge >= 0.3 is 0 Å². The first kappa shape index (κ1) is 14.0. The van der Waals surface area contributed by atoms with Gasteiger partial charge in [-0.3, -0.25) is 4.79 Å². The molecule has 1 heterocycles. The SMILES string of the molecule is Cc1sc(C(=O)NCCCC(C)CO)cc1N. The summed E-state index contributed by atoms with van der Waals surface area (Å²) in [4.78, 5) is 13.4. The van der Waals surface area contributed by atoms with Crippen LogP contribution in [0.4, 0.5) is 5.69 Å². The van der Waals surface area contributed by atoms with Gasteiger partial charge in [-0.25, -0.2) is 0 Å². The van der Waals surface area contributed by atoms with Crippen molar-refractivity contribution in [1.29, 1.82) is 0 Å². The molecule has 4 nitrogen and oxygen atoms in total. The van der Waals surface area contributed by atoms with Gasteiger partial charge in [0, 0.05) is 23.7 Å². The number of nitrogen functional groups attached to an aromatic ring is 1. The largest absolute Gasteiger partial charge is 0.398 e. The molecule has 17 heavy (non-hydrogen) atoms. The summed E-state index contributed by atoms with van der Waals surface area (Å²) in [6.07, 6.45) is 1.80. The number of thiophene rings is 1. The number of hydrogen-bond acceptors (Lipinski definition) is 4. The number of nitrogens with two attached hydrogens (primary N) is 1. The van der Waals surface area contributed by atoms with E-state index in [4.69, 9.17) is 10.8 Å². The molecule has 0 bridgehead atoms. The average Bonchev–Trinajstić information content (AvgIpc) is 2.64. The number of carbonyl (C=O) groups excluding carboxylic acids is 1. The number of aryl methyl sites for hydroxylation is 1. The number of amides is 1. The zero-order valence-corrected chi connectivity index (χ0v) is 11.1. The highest BCUT2D eigenvalue weighted by Crippen LogP contribution is 2.23. The van der Waals surface area contributed by atoms with Crippen LogP contribution in [0.15, 0.2) is 6.07 Å².